The Morgan fingerprint density at radius 3 is 2.50 bits per heavy atom. The van der Waals surface area contributed by atoms with Gasteiger partial charge in [-0.1, -0.05) is 0 Å². The van der Waals surface area contributed by atoms with Crippen molar-refractivity contribution in [2.24, 2.45) is 0 Å². The van der Waals surface area contributed by atoms with Gasteiger partial charge in [0.05, 0.1) is 3.57 Å². The summed E-state index contributed by atoms with van der Waals surface area (Å²) in [5.41, 5.74) is -0.963. The molecule has 0 fully saturated rings. The van der Waals surface area contributed by atoms with Crippen LogP contribution in [0.1, 0.15) is 10.4 Å². The first kappa shape index (κ1) is 14.4. The van der Waals surface area contributed by atoms with E-state index in [9.17, 15) is 28.1 Å². The number of carboxylic acid groups (broad SMARTS) is 1. The zero-order chi connectivity index (χ0) is 14.1. The number of aromatic carboxylic acids is 1. The molecule has 11 heteroatoms. The third-order valence-electron chi connectivity index (χ3n) is 1.57. The predicted octanol–water partition coefficient (Wildman–Crippen LogP) is 2.19. The summed E-state index contributed by atoms with van der Waals surface area (Å²) in [5.74, 6) is -4.54. The molecular formula is C7H2F3IN2O5. The topological polar surface area (TPSA) is 103 Å². The average Bonchev–Trinajstić information content (AvgIpc) is 2.13. The fourth-order valence-corrected chi connectivity index (χ4v) is 1.62. The Kier molecular flexibility index (Phi) is 3.93. The van der Waals surface area contributed by atoms with Crippen LogP contribution in [0, 0.1) is 13.7 Å². The summed E-state index contributed by atoms with van der Waals surface area (Å²) in [6.07, 6.45) is -4.49. The molecule has 0 spiro atoms. The number of ether oxygens (including phenoxy) is 1. The Morgan fingerprint density at radius 1 is 1.56 bits per heavy atom. The molecular weight excluding hydrogens is 376 g/mol. The normalized spacial score (nSPS) is 11.1. The van der Waals surface area contributed by atoms with Gasteiger partial charge in [-0.2, -0.15) is 0 Å². The number of alkyl halides is 3. The monoisotopic (exact) mass is 378 g/mol. The van der Waals surface area contributed by atoms with Gasteiger partial charge in [0.25, 0.3) is 0 Å². The molecule has 0 aliphatic carbocycles. The van der Waals surface area contributed by atoms with Gasteiger partial charge < -0.3 is 20.0 Å². The fraction of sp³-hybridized carbons (Fsp3) is 0.143. The molecule has 1 rings (SSSR count). The van der Waals surface area contributed by atoms with E-state index in [1.54, 1.807) is 0 Å². The Morgan fingerprint density at radius 2 is 2.11 bits per heavy atom. The van der Waals surface area contributed by atoms with Gasteiger partial charge in [0, 0.05) is 0 Å². The van der Waals surface area contributed by atoms with Crippen molar-refractivity contribution >= 4 is 34.4 Å². The molecule has 0 saturated heterocycles. The highest BCUT2D eigenvalue weighted by Gasteiger charge is 2.39. The molecule has 18 heavy (non-hydrogen) atoms. The number of pyridine rings is 1. The summed E-state index contributed by atoms with van der Waals surface area (Å²) >= 11 is 1.38. The maximum absolute atomic E-state index is 12.1. The Hall–Kier alpha value is -1.66. The maximum atomic E-state index is 12.1. The second-order valence-electron chi connectivity index (χ2n) is 2.74. The molecule has 0 aliphatic rings. The first-order valence-corrected chi connectivity index (χ1v) is 5.03. The maximum Gasteiger partial charge on any atom is 0.573 e. The van der Waals surface area contributed by atoms with E-state index in [-0.39, 0.29) is 3.57 Å². The third kappa shape index (κ3) is 3.18. The molecule has 0 atom stereocenters. The highest BCUT2D eigenvalue weighted by molar-refractivity contribution is 14.1. The van der Waals surface area contributed by atoms with E-state index in [1.165, 1.54) is 22.6 Å². The number of rotatable bonds is 3. The summed E-state index contributed by atoms with van der Waals surface area (Å²) in [7, 11) is 0. The molecule has 0 unspecified atom stereocenters. The minimum absolute atomic E-state index is 0.218. The average molecular weight is 378 g/mol. The van der Waals surface area contributed by atoms with E-state index in [1.807, 2.05) is 0 Å². The first-order chi connectivity index (χ1) is 8.13. The van der Waals surface area contributed by atoms with Crippen LogP contribution in [0.3, 0.4) is 0 Å². The minimum Gasteiger partial charge on any atom is -0.478 e. The van der Waals surface area contributed by atoms with Crippen molar-refractivity contribution < 1.29 is 32.7 Å². The van der Waals surface area contributed by atoms with E-state index in [2.05, 4.69) is 9.72 Å². The predicted molar refractivity (Wildman–Crippen MR) is 57.3 cm³/mol. The van der Waals surface area contributed by atoms with Crippen molar-refractivity contribution in [2.75, 3.05) is 0 Å². The summed E-state index contributed by atoms with van der Waals surface area (Å²) in [6.45, 7) is 0. The fourth-order valence-electron chi connectivity index (χ4n) is 1.00. The molecule has 0 aromatic carbocycles. The highest BCUT2D eigenvalue weighted by atomic mass is 127. The van der Waals surface area contributed by atoms with Crippen molar-refractivity contribution in [3.8, 4) is 5.75 Å². The summed E-state index contributed by atoms with van der Waals surface area (Å²) < 4.78 is 39.4. The summed E-state index contributed by atoms with van der Waals surface area (Å²) in [5, 5.41) is 19.2. The second kappa shape index (κ2) is 4.91. The van der Waals surface area contributed by atoms with Crippen molar-refractivity contribution in [1.29, 1.82) is 0 Å². The summed E-state index contributed by atoms with van der Waals surface area (Å²) in [6, 6.07) is 0. The number of hydrogen-bond donors (Lipinski definition) is 1. The van der Waals surface area contributed by atoms with Gasteiger partial charge in [0.15, 0.2) is 6.20 Å². The molecule has 1 heterocycles. The lowest BCUT2D eigenvalue weighted by molar-refractivity contribution is -0.393. The van der Waals surface area contributed by atoms with Crippen LogP contribution in [0.4, 0.5) is 19.0 Å². The molecule has 0 bridgehead atoms. The molecule has 0 radical (unpaired) electrons. The van der Waals surface area contributed by atoms with E-state index in [0.29, 0.717) is 0 Å². The zero-order valence-corrected chi connectivity index (χ0v) is 10.2. The number of nitrogens with zero attached hydrogens (tertiary/aromatic N) is 2. The molecule has 7 nitrogen and oxygen atoms in total. The van der Waals surface area contributed by atoms with Crippen LogP contribution >= 0.6 is 22.6 Å². The van der Waals surface area contributed by atoms with Gasteiger partial charge in [0.1, 0.15) is 5.56 Å². The van der Waals surface area contributed by atoms with Gasteiger partial charge in [-0.15, -0.1) is 13.2 Å². The molecule has 0 saturated carbocycles. The lowest BCUT2D eigenvalue weighted by atomic mass is 10.2. The van der Waals surface area contributed by atoms with Crippen molar-refractivity contribution in [2.45, 2.75) is 6.36 Å². The summed E-state index contributed by atoms with van der Waals surface area (Å²) in [4.78, 5) is 23.1. The van der Waals surface area contributed by atoms with Crippen molar-refractivity contribution in [3.63, 3.8) is 0 Å². The lowest BCUT2D eigenvalue weighted by Gasteiger charge is -2.11. The Balaban J connectivity index is 3.53. The molecule has 0 amide bonds. The molecule has 1 N–H and O–H groups in total. The molecule has 98 valence electrons. The van der Waals surface area contributed by atoms with Crippen LogP contribution < -0.4 is 4.74 Å². The van der Waals surface area contributed by atoms with E-state index in [0.717, 1.165) is 6.20 Å². The van der Waals surface area contributed by atoms with Gasteiger partial charge in [-0.25, -0.2) is 4.79 Å². The van der Waals surface area contributed by atoms with Gasteiger partial charge in [0.2, 0.25) is 5.75 Å². The first-order valence-electron chi connectivity index (χ1n) is 3.95. The third-order valence-corrected chi connectivity index (χ3v) is 2.39. The molecule has 1 aromatic rings. The lowest BCUT2D eigenvalue weighted by Crippen LogP contribution is -2.21. The van der Waals surface area contributed by atoms with Crippen LogP contribution in [-0.4, -0.2) is 27.3 Å². The SMILES string of the molecule is O=C(O)c1c(I)cnc([N+](=O)[O-])c1OC(F)(F)F. The van der Waals surface area contributed by atoms with Crippen LogP contribution in [0.25, 0.3) is 0 Å². The zero-order valence-electron chi connectivity index (χ0n) is 8.06. The van der Waals surface area contributed by atoms with E-state index >= 15 is 0 Å². The highest BCUT2D eigenvalue weighted by Crippen LogP contribution is 2.35. The van der Waals surface area contributed by atoms with Crippen molar-refractivity contribution in [1.82, 2.24) is 4.98 Å². The number of hydrogen-bond acceptors (Lipinski definition) is 5. The van der Waals surface area contributed by atoms with Crippen LogP contribution in [0.2, 0.25) is 0 Å². The second-order valence-corrected chi connectivity index (χ2v) is 3.91. The Bertz CT molecular complexity index is 519. The minimum atomic E-state index is -5.26. The number of aromatic nitrogens is 1. The largest absolute Gasteiger partial charge is 0.573 e. The van der Waals surface area contributed by atoms with Crippen LogP contribution in [0.15, 0.2) is 6.20 Å². The van der Waals surface area contributed by atoms with Gasteiger partial charge in [-0.3, -0.25) is 0 Å². The van der Waals surface area contributed by atoms with Gasteiger partial charge >= 0.3 is 18.1 Å². The van der Waals surface area contributed by atoms with E-state index in [4.69, 9.17) is 5.11 Å². The quantitative estimate of drug-likeness (QED) is 0.492. The van der Waals surface area contributed by atoms with Crippen LogP contribution in [0.5, 0.6) is 5.75 Å². The number of carboxylic acids is 1. The Labute approximate surface area is 110 Å². The number of nitro groups is 1. The van der Waals surface area contributed by atoms with Crippen molar-refractivity contribution in [3.05, 3.63) is 25.4 Å². The standard InChI is InChI=1S/C7H2F3IN2O5/c8-7(9,10)18-4-3(6(14)15)2(11)1-12-5(4)13(16)17/h1H,(H,14,15). The number of halogens is 4. The van der Waals surface area contributed by atoms with Gasteiger partial charge in [-0.05, 0) is 32.5 Å². The van der Waals surface area contributed by atoms with E-state index < -0.39 is 34.4 Å². The number of carbonyl (C=O) groups is 1. The smallest absolute Gasteiger partial charge is 0.478 e. The molecule has 1 aromatic heterocycles. The van der Waals surface area contributed by atoms with Crippen LogP contribution in [-0.2, 0) is 0 Å². The molecule has 0 aliphatic heterocycles.